The minimum atomic E-state index is 0.0773. The van der Waals surface area contributed by atoms with Crippen LogP contribution in [0.15, 0.2) is 0 Å². The van der Waals surface area contributed by atoms with E-state index in [-0.39, 0.29) is 11.2 Å². The molecule has 1 N–H and O–H groups in total. The number of rotatable bonds is 3. The molecule has 0 aromatic heterocycles. The van der Waals surface area contributed by atoms with E-state index in [1.54, 1.807) is 0 Å². The molecule has 3 saturated heterocycles. The minimum absolute atomic E-state index is 0.0773. The quantitative estimate of drug-likeness (QED) is 0.863. The van der Waals surface area contributed by atoms with Crippen molar-refractivity contribution in [2.45, 2.75) is 62.7 Å². The van der Waals surface area contributed by atoms with E-state index in [9.17, 15) is 0 Å². The van der Waals surface area contributed by atoms with Crippen molar-refractivity contribution < 1.29 is 9.47 Å². The van der Waals surface area contributed by atoms with Gasteiger partial charge in [-0.2, -0.15) is 11.8 Å². The maximum atomic E-state index is 6.15. The maximum Gasteiger partial charge on any atom is 0.0779 e. The third-order valence-corrected chi connectivity index (χ3v) is 5.95. The predicted molar refractivity (Wildman–Crippen MR) is 79.9 cm³/mol. The Morgan fingerprint density at radius 1 is 1.16 bits per heavy atom. The average Bonchev–Trinajstić information content (AvgIpc) is 2.85. The highest BCUT2D eigenvalue weighted by Crippen LogP contribution is 2.37. The van der Waals surface area contributed by atoms with Crippen molar-refractivity contribution in [3.8, 4) is 0 Å². The molecule has 19 heavy (non-hydrogen) atoms. The van der Waals surface area contributed by atoms with E-state index in [0.29, 0.717) is 6.04 Å². The molecule has 0 amide bonds. The first-order chi connectivity index (χ1) is 9.20. The largest absolute Gasteiger partial charge is 0.375 e. The van der Waals surface area contributed by atoms with Gasteiger partial charge in [0.2, 0.25) is 0 Å². The highest BCUT2D eigenvalue weighted by atomic mass is 32.2. The summed E-state index contributed by atoms with van der Waals surface area (Å²) in [5.74, 6) is 2.54. The third-order valence-electron chi connectivity index (χ3n) is 4.96. The minimum Gasteiger partial charge on any atom is -0.375 e. The molecule has 2 atom stereocenters. The number of nitrogens with one attached hydrogen (secondary N) is 1. The van der Waals surface area contributed by atoms with Crippen LogP contribution < -0.4 is 5.32 Å². The Balaban J connectivity index is 1.50. The van der Waals surface area contributed by atoms with Gasteiger partial charge < -0.3 is 14.8 Å². The SMILES string of the molecule is CC1(CNC2CCOC3(CCSCC3)C2)CCCO1. The van der Waals surface area contributed by atoms with Crippen molar-refractivity contribution in [2.24, 2.45) is 0 Å². The van der Waals surface area contributed by atoms with Crippen LogP contribution in [0.25, 0.3) is 0 Å². The van der Waals surface area contributed by atoms with Crippen molar-refractivity contribution in [3.63, 3.8) is 0 Å². The molecule has 4 heteroatoms. The lowest BCUT2D eigenvalue weighted by atomic mass is 9.85. The molecule has 0 bridgehead atoms. The second kappa shape index (κ2) is 5.92. The fourth-order valence-corrected chi connectivity index (χ4v) is 4.87. The molecule has 0 saturated carbocycles. The molecule has 110 valence electrons. The summed E-state index contributed by atoms with van der Waals surface area (Å²) in [5.41, 5.74) is 0.270. The Hall–Kier alpha value is 0.230. The normalized spacial score (nSPS) is 38.7. The van der Waals surface area contributed by atoms with Crippen molar-refractivity contribution in [1.82, 2.24) is 5.32 Å². The van der Waals surface area contributed by atoms with Gasteiger partial charge in [0.25, 0.3) is 0 Å². The van der Waals surface area contributed by atoms with Gasteiger partial charge in [0.1, 0.15) is 0 Å². The summed E-state index contributed by atoms with van der Waals surface area (Å²) in [5, 5.41) is 3.76. The van der Waals surface area contributed by atoms with Crippen molar-refractivity contribution in [2.75, 3.05) is 31.3 Å². The zero-order valence-electron chi connectivity index (χ0n) is 12.1. The lowest BCUT2D eigenvalue weighted by Crippen LogP contribution is -2.51. The Labute approximate surface area is 121 Å². The molecule has 0 aliphatic carbocycles. The van der Waals surface area contributed by atoms with Gasteiger partial charge in [-0.1, -0.05) is 0 Å². The first-order valence-electron chi connectivity index (χ1n) is 7.79. The summed E-state index contributed by atoms with van der Waals surface area (Å²) in [6, 6.07) is 0.623. The fourth-order valence-electron chi connectivity index (χ4n) is 3.63. The smallest absolute Gasteiger partial charge is 0.0779 e. The monoisotopic (exact) mass is 285 g/mol. The van der Waals surface area contributed by atoms with Crippen molar-refractivity contribution in [1.29, 1.82) is 0 Å². The van der Waals surface area contributed by atoms with Crippen LogP contribution in [0.3, 0.4) is 0 Å². The Kier molecular flexibility index (Phi) is 4.42. The van der Waals surface area contributed by atoms with Crippen molar-refractivity contribution in [3.05, 3.63) is 0 Å². The van der Waals surface area contributed by atoms with E-state index in [1.165, 1.54) is 43.6 Å². The summed E-state index contributed by atoms with van der Waals surface area (Å²) in [4.78, 5) is 0. The topological polar surface area (TPSA) is 30.5 Å². The van der Waals surface area contributed by atoms with Crippen LogP contribution in [0.4, 0.5) is 0 Å². The van der Waals surface area contributed by atoms with Crippen LogP contribution in [-0.4, -0.2) is 48.5 Å². The van der Waals surface area contributed by atoms with Crippen LogP contribution in [0.2, 0.25) is 0 Å². The standard InChI is InChI=1S/C15H27NO2S/c1-14(4-2-7-17-14)12-16-13-3-8-18-15(11-13)5-9-19-10-6-15/h13,16H,2-12H2,1H3. The highest BCUT2D eigenvalue weighted by Gasteiger charge is 2.39. The first kappa shape index (κ1) is 14.2. The lowest BCUT2D eigenvalue weighted by Gasteiger charge is -2.44. The molecule has 3 aliphatic rings. The third kappa shape index (κ3) is 3.46. The summed E-state index contributed by atoms with van der Waals surface area (Å²) >= 11 is 2.08. The second-order valence-corrected chi connectivity index (χ2v) is 7.84. The van der Waals surface area contributed by atoms with Crippen molar-refractivity contribution >= 4 is 11.8 Å². The first-order valence-corrected chi connectivity index (χ1v) is 8.94. The van der Waals surface area contributed by atoms with E-state index in [1.807, 2.05) is 0 Å². The number of hydrogen-bond acceptors (Lipinski definition) is 4. The Morgan fingerprint density at radius 3 is 2.74 bits per heavy atom. The zero-order valence-corrected chi connectivity index (χ0v) is 12.9. The van der Waals surface area contributed by atoms with E-state index in [4.69, 9.17) is 9.47 Å². The van der Waals surface area contributed by atoms with Gasteiger partial charge in [-0.05, 0) is 57.0 Å². The second-order valence-electron chi connectivity index (χ2n) is 6.62. The van der Waals surface area contributed by atoms with E-state index >= 15 is 0 Å². The number of thioether (sulfide) groups is 1. The van der Waals surface area contributed by atoms with E-state index in [0.717, 1.165) is 26.2 Å². The molecular weight excluding hydrogens is 258 g/mol. The average molecular weight is 285 g/mol. The molecule has 0 radical (unpaired) electrons. The Bertz CT molecular complexity index is 293. The molecule has 3 heterocycles. The zero-order chi connectivity index (χ0) is 13.2. The molecule has 2 unspecified atom stereocenters. The van der Waals surface area contributed by atoms with E-state index in [2.05, 4.69) is 24.0 Å². The van der Waals surface area contributed by atoms with Gasteiger partial charge in [-0.15, -0.1) is 0 Å². The molecule has 1 spiro atoms. The molecule has 3 fully saturated rings. The molecule has 3 rings (SSSR count). The van der Waals surface area contributed by atoms with Crippen LogP contribution in [0.1, 0.15) is 45.4 Å². The van der Waals surface area contributed by atoms with Gasteiger partial charge in [0.15, 0.2) is 0 Å². The highest BCUT2D eigenvalue weighted by molar-refractivity contribution is 7.99. The van der Waals surface area contributed by atoms with Crippen LogP contribution in [-0.2, 0) is 9.47 Å². The predicted octanol–water partition coefficient (Wildman–Crippen LogP) is 2.59. The van der Waals surface area contributed by atoms with Gasteiger partial charge >= 0.3 is 0 Å². The number of hydrogen-bond donors (Lipinski definition) is 1. The molecular formula is C15H27NO2S. The fraction of sp³-hybridized carbons (Fsp3) is 1.00. The maximum absolute atomic E-state index is 6.15. The lowest BCUT2D eigenvalue weighted by molar-refractivity contribution is -0.0954. The molecule has 3 nitrogen and oxygen atoms in total. The van der Waals surface area contributed by atoms with Gasteiger partial charge in [-0.25, -0.2) is 0 Å². The molecule has 0 aromatic carbocycles. The Morgan fingerprint density at radius 2 is 2.00 bits per heavy atom. The summed E-state index contributed by atoms with van der Waals surface area (Å²) < 4.78 is 12.0. The summed E-state index contributed by atoms with van der Waals surface area (Å²) in [6.07, 6.45) is 7.25. The number of ether oxygens (including phenoxy) is 2. The summed E-state index contributed by atoms with van der Waals surface area (Å²) in [7, 11) is 0. The van der Waals surface area contributed by atoms with Gasteiger partial charge in [0, 0.05) is 25.8 Å². The van der Waals surface area contributed by atoms with E-state index < -0.39 is 0 Å². The summed E-state index contributed by atoms with van der Waals surface area (Å²) in [6.45, 7) is 5.12. The molecule has 3 aliphatic heterocycles. The van der Waals surface area contributed by atoms with Crippen LogP contribution >= 0.6 is 11.8 Å². The van der Waals surface area contributed by atoms with Gasteiger partial charge in [0.05, 0.1) is 11.2 Å². The van der Waals surface area contributed by atoms with Crippen LogP contribution in [0.5, 0.6) is 0 Å². The van der Waals surface area contributed by atoms with Crippen LogP contribution in [0, 0.1) is 0 Å². The van der Waals surface area contributed by atoms with Gasteiger partial charge in [-0.3, -0.25) is 0 Å². The molecule has 0 aromatic rings.